The van der Waals surface area contributed by atoms with Gasteiger partial charge in [0.1, 0.15) is 12.4 Å². The minimum absolute atomic E-state index is 0.0118. The molecule has 0 spiro atoms. The summed E-state index contributed by atoms with van der Waals surface area (Å²) < 4.78 is 5.89. The van der Waals surface area contributed by atoms with E-state index in [1.54, 1.807) is 12.1 Å². The van der Waals surface area contributed by atoms with Gasteiger partial charge in [-0.3, -0.25) is 4.79 Å². The number of rotatable bonds is 7. The minimum atomic E-state index is -0.873. The summed E-state index contributed by atoms with van der Waals surface area (Å²) in [5.74, 6) is -0.272. The first kappa shape index (κ1) is 22.1. The molecule has 0 amide bonds. The number of carboxylic acid groups (broad SMARTS) is 1. The van der Waals surface area contributed by atoms with Gasteiger partial charge in [-0.1, -0.05) is 54.6 Å². The number of benzene rings is 3. The van der Waals surface area contributed by atoms with Gasteiger partial charge in [0.2, 0.25) is 0 Å². The molecule has 0 aromatic heterocycles. The Balaban J connectivity index is 0.00000145. The van der Waals surface area contributed by atoms with Gasteiger partial charge in [0.25, 0.3) is 0 Å². The number of para-hydroxylation sites is 1. The van der Waals surface area contributed by atoms with E-state index in [9.17, 15) is 4.79 Å². The van der Waals surface area contributed by atoms with Crippen LogP contribution < -0.4 is 10.5 Å². The number of aliphatic hydroxyl groups excluding tert-OH is 1. The lowest BCUT2D eigenvalue weighted by molar-refractivity contribution is -0.136. The van der Waals surface area contributed by atoms with Gasteiger partial charge in [0.15, 0.2) is 0 Å². The molecule has 5 heteroatoms. The topological polar surface area (TPSA) is 92.8 Å². The van der Waals surface area contributed by atoms with E-state index in [0.717, 1.165) is 29.4 Å². The van der Waals surface area contributed by atoms with Gasteiger partial charge in [-0.15, -0.1) is 0 Å². The van der Waals surface area contributed by atoms with Crippen LogP contribution in [0, 0.1) is 0 Å². The number of carboxylic acids is 1. The third kappa shape index (κ3) is 6.45. The van der Waals surface area contributed by atoms with Crippen molar-refractivity contribution in [1.29, 1.82) is 0 Å². The normalized spacial score (nSPS) is 11.2. The molecular formula is C24H27NO4. The number of hydrogen-bond acceptors (Lipinski definition) is 4. The van der Waals surface area contributed by atoms with Crippen LogP contribution in [0.4, 0.5) is 0 Å². The fraction of sp³-hybridized carbons (Fsp3) is 0.208. The van der Waals surface area contributed by atoms with Gasteiger partial charge in [-0.05, 0) is 47.4 Å². The highest BCUT2D eigenvalue weighted by molar-refractivity contribution is 5.71. The second-order valence-corrected chi connectivity index (χ2v) is 6.58. The number of ether oxygens (including phenoxy) is 1. The zero-order valence-electron chi connectivity index (χ0n) is 16.7. The lowest BCUT2D eigenvalue weighted by Gasteiger charge is -2.12. The van der Waals surface area contributed by atoms with Gasteiger partial charge < -0.3 is 20.7 Å². The molecule has 29 heavy (non-hydrogen) atoms. The maximum absolute atomic E-state index is 11.0. The number of aliphatic carboxylic acids is 1. The molecule has 3 aromatic rings. The fourth-order valence-electron chi connectivity index (χ4n) is 2.96. The number of carbonyl (C=O) groups is 1. The summed E-state index contributed by atoms with van der Waals surface area (Å²) in [6.45, 7) is 2.34. The molecule has 0 saturated heterocycles. The lowest BCUT2D eigenvalue weighted by atomic mass is 9.99. The van der Waals surface area contributed by atoms with E-state index in [4.69, 9.17) is 20.7 Å². The molecule has 152 valence electrons. The molecule has 0 saturated carbocycles. The Morgan fingerprint density at radius 1 is 0.966 bits per heavy atom. The minimum Gasteiger partial charge on any atom is -0.489 e. The first-order chi connectivity index (χ1) is 14.0. The highest BCUT2D eigenvalue weighted by atomic mass is 16.5. The Morgan fingerprint density at radius 3 is 2.31 bits per heavy atom. The number of aliphatic hydroxyl groups is 1. The van der Waals surface area contributed by atoms with Crippen molar-refractivity contribution in [2.24, 2.45) is 5.73 Å². The summed E-state index contributed by atoms with van der Waals surface area (Å²) in [4.78, 5) is 11.0. The van der Waals surface area contributed by atoms with Gasteiger partial charge in [0.05, 0.1) is 6.42 Å². The Labute approximate surface area is 171 Å². The summed E-state index contributed by atoms with van der Waals surface area (Å²) in [5.41, 5.74) is 11.0. The molecule has 0 aliphatic carbocycles. The van der Waals surface area contributed by atoms with Crippen LogP contribution in [0.1, 0.15) is 29.7 Å². The van der Waals surface area contributed by atoms with E-state index in [-0.39, 0.29) is 12.5 Å². The molecule has 0 radical (unpaired) electrons. The van der Waals surface area contributed by atoms with Gasteiger partial charge in [-0.2, -0.15) is 0 Å². The standard InChI is InChI=1S/C23H23NO3.CH4O/c1-16(24)18-8-5-10-20(13-18)19-9-4-6-17(12-19)15-27-22-11-3-2-7-21(22)14-23(25)26;1-2/h2-13,16H,14-15,24H2,1H3,(H,25,26);2H,1H3. The summed E-state index contributed by atoms with van der Waals surface area (Å²) in [7, 11) is 1.00. The lowest BCUT2D eigenvalue weighted by Crippen LogP contribution is -2.04. The van der Waals surface area contributed by atoms with E-state index in [2.05, 4.69) is 24.3 Å². The molecule has 0 fully saturated rings. The Hall–Kier alpha value is -3.15. The fourth-order valence-corrected chi connectivity index (χ4v) is 2.96. The van der Waals surface area contributed by atoms with E-state index in [1.165, 1.54) is 0 Å². The Bertz CT molecular complexity index is 937. The monoisotopic (exact) mass is 393 g/mol. The van der Waals surface area contributed by atoms with Crippen LogP contribution in [0.2, 0.25) is 0 Å². The first-order valence-corrected chi connectivity index (χ1v) is 9.35. The van der Waals surface area contributed by atoms with Gasteiger partial charge in [0, 0.05) is 18.7 Å². The van der Waals surface area contributed by atoms with Crippen LogP contribution in [0.5, 0.6) is 5.75 Å². The van der Waals surface area contributed by atoms with Crippen molar-refractivity contribution < 1.29 is 19.7 Å². The molecule has 5 nitrogen and oxygen atoms in total. The summed E-state index contributed by atoms with van der Waals surface area (Å²) in [6.07, 6.45) is -0.0553. The Kier molecular flexibility index (Phi) is 8.40. The maximum atomic E-state index is 11.0. The van der Waals surface area contributed by atoms with E-state index in [1.807, 2.05) is 43.3 Å². The van der Waals surface area contributed by atoms with Crippen molar-refractivity contribution in [3.8, 4) is 16.9 Å². The van der Waals surface area contributed by atoms with Crippen molar-refractivity contribution in [2.45, 2.75) is 26.0 Å². The summed E-state index contributed by atoms with van der Waals surface area (Å²) in [5, 5.41) is 16.0. The molecule has 1 atom stereocenters. The van der Waals surface area contributed by atoms with Gasteiger partial charge >= 0.3 is 5.97 Å². The van der Waals surface area contributed by atoms with Crippen molar-refractivity contribution in [2.75, 3.05) is 7.11 Å². The molecule has 0 heterocycles. The molecule has 1 unspecified atom stereocenters. The van der Waals surface area contributed by atoms with Crippen LogP contribution >= 0.6 is 0 Å². The van der Waals surface area contributed by atoms with Crippen LogP contribution in [0.3, 0.4) is 0 Å². The SMILES string of the molecule is CC(N)c1cccc(-c2cccc(COc3ccccc3CC(=O)O)c2)c1.CO. The first-order valence-electron chi connectivity index (χ1n) is 9.35. The molecule has 4 N–H and O–H groups in total. The van der Waals surface area contributed by atoms with Crippen LogP contribution in [-0.4, -0.2) is 23.3 Å². The molecule has 0 bridgehead atoms. The zero-order valence-corrected chi connectivity index (χ0v) is 16.7. The predicted octanol–water partition coefficient (Wildman–Crippen LogP) is 4.19. The maximum Gasteiger partial charge on any atom is 0.307 e. The quantitative estimate of drug-likeness (QED) is 0.560. The van der Waals surface area contributed by atoms with Crippen LogP contribution in [-0.2, 0) is 17.8 Å². The second-order valence-electron chi connectivity index (χ2n) is 6.58. The molecule has 3 rings (SSSR count). The van der Waals surface area contributed by atoms with E-state index >= 15 is 0 Å². The van der Waals surface area contributed by atoms with E-state index in [0.29, 0.717) is 17.9 Å². The highest BCUT2D eigenvalue weighted by Gasteiger charge is 2.08. The zero-order chi connectivity index (χ0) is 21.2. The third-order valence-corrected chi connectivity index (χ3v) is 4.38. The van der Waals surface area contributed by atoms with Crippen LogP contribution in [0.15, 0.2) is 72.8 Å². The summed E-state index contributed by atoms with van der Waals surface area (Å²) >= 11 is 0. The van der Waals surface area contributed by atoms with E-state index < -0.39 is 5.97 Å². The van der Waals surface area contributed by atoms with Crippen molar-refractivity contribution >= 4 is 5.97 Å². The molecule has 0 aliphatic rings. The average molecular weight is 393 g/mol. The predicted molar refractivity (Wildman–Crippen MR) is 115 cm³/mol. The highest BCUT2D eigenvalue weighted by Crippen LogP contribution is 2.25. The van der Waals surface area contributed by atoms with Crippen molar-refractivity contribution in [3.05, 3.63) is 89.5 Å². The molecule has 3 aromatic carbocycles. The smallest absolute Gasteiger partial charge is 0.307 e. The number of hydrogen-bond donors (Lipinski definition) is 3. The van der Waals surface area contributed by atoms with Gasteiger partial charge in [-0.25, -0.2) is 0 Å². The van der Waals surface area contributed by atoms with Crippen molar-refractivity contribution in [3.63, 3.8) is 0 Å². The molecule has 0 aliphatic heterocycles. The number of nitrogens with two attached hydrogens (primary N) is 1. The second kappa shape index (κ2) is 11.0. The van der Waals surface area contributed by atoms with Crippen molar-refractivity contribution in [1.82, 2.24) is 0 Å². The summed E-state index contributed by atoms with van der Waals surface area (Å²) in [6, 6.07) is 23.6. The molecular weight excluding hydrogens is 366 g/mol. The largest absolute Gasteiger partial charge is 0.489 e. The Morgan fingerprint density at radius 2 is 1.62 bits per heavy atom. The third-order valence-electron chi connectivity index (χ3n) is 4.38. The van der Waals surface area contributed by atoms with Crippen LogP contribution in [0.25, 0.3) is 11.1 Å². The average Bonchev–Trinajstić information content (AvgIpc) is 2.74.